The first-order valence-electron chi connectivity index (χ1n) is 6.99. The standard InChI is InChI=1S/C12H25N3O2S/c1-11-6-3-4-9-15(11)18(16,17)14(2)12-7-5-8-13-10-12/h11-13H,3-10H2,1-2H3. The second kappa shape index (κ2) is 5.86. The molecule has 0 aromatic heterocycles. The summed E-state index contributed by atoms with van der Waals surface area (Å²) in [5.41, 5.74) is 0. The molecule has 0 amide bonds. The van der Waals surface area contributed by atoms with Gasteiger partial charge in [-0.05, 0) is 39.2 Å². The maximum atomic E-state index is 12.6. The molecule has 5 nitrogen and oxygen atoms in total. The van der Waals surface area contributed by atoms with Crippen molar-refractivity contribution >= 4 is 10.2 Å². The van der Waals surface area contributed by atoms with Crippen molar-refractivity contribution in [1.29, 1.82) is 0 Å². The smallest absolute Gasteiger partial charge is 0.282 e. The van der Waals surface area contributed by atoms with E-state index in [-0.39, 0.29) is 12.1 Å². The van der Waals surface area contributed by atoms with Gasteiger partial charge in [-0.2, -0.15) is 17.0 Å². The Morgan fingerprint density at radius 1 is 1.22 bits per heavy atom. The zero-order valence-corrected chi connectivity index (χ0v) is 12.2. The topological polar surface area (TPSA) is 52.7 Å². The minimum atomic E-state index is -3.28. The summed E-state index contributed by atoms with van der Waals surface area (Å²) in [6, 6.07) is 0.251. The minimum absolute atomic E-state index is 0.109. The Balaban J connectivity index is 2.08. The highest BCUT2D eigenvalue weighted by Crippen LogP contribution is 2.23. The molecule has 0 radical (unpaired) electrons. The molecular formula is C12H25N3O2S. The Hall–Kier alpha value is -0.170. The van der Waals surface area contributed by atoms with Gasteiger partial charge in [-0.15, -0.1) is 0 Å². The Kier molecular flexibility index (Phi) is 4.64. The van der Waals surface area contributed by atoms with E-state index in [1.165, 1.54) is 0 Å². The van der Waals surface area contributed by atoms with Crippen LogP contribution in [0.25, 0.3) is 0 Å². The van der Waals surface area contributed by atoms with Crippen LogP contribution in [0.1, 0.15) is 39.0 Å². The molecule has 2 atom stereocenters. The fraction of sp³-hybridized carbons (Fsp3) is 1.00. The molecule has 106 valence electrons. The Morgan fingerprint density at radius 3 is 2.61 bits per heavy atom. The average Bonchev–Trinajstić information content (AvgIpc) is 2.39. The molecule has 2 saturated heterocycles. The van der Waals surface area contributed by atoms with Gasteiger partial charge in [-0.1, -0.05) is 6.42 Å². The number of hydrogen-bond donors (Lipinski definition) is 1. The van der Waals surface area contributed by atoms with Gasteiger partial charge in [-0.25, -0.2) is 0 Å². The van der Waals surface area contributed by atoms with Crippen LogP contribution < -0.4 is 5.32 Å². The summed E-state index contributed by atoms with van der Waals surface area (Å²) in [6.07, 6.45) is 5.13. The molecule has 2 unspecified atom stereocenters. The van der Waals surface area contributed by atoms with E-state index in [1.54, 1.807) is 15.7 Å². The lowest BCUT2D eigenvalue weighted by Crippen LogP contribution is -2.54. The largest absolute Gasteiger partial charge is 0.315 e. The maximum absolute atomic E-state index is 12.6. The molecule has 0 bridgehead atoms. The average molecular weight is 275 g/mol. The second-order valence-electron chi connectivity index (χ2n) is 5.48. The van der Waals surface area contributed by atoms with Gasteiger partial charge in [0.15, 0.2) is 0 Å². The molecule has 1 N–H and O–H groups in total. The Morgan fingerprint density at radius 2 is 2.00 bits per heavy atom. The lowest BCUT2D eigenvalue weighted by molar-refractivity contribution is 0.227. The Labute approximate surface area is 111 Å². The summed E-state index contributed by atoms with van der Waals surface area (Å²) in [4.78, 5) is 0. The van der Waals surface area contributed by atoms with E-state index in [0.29, 0.717) is 6.54 Å². The SMILES string of the molecule is CC1CCCCN1S(=O)(=O)N(C)C1CCCNC1. The van der Waals surface area contributed by atoms with Crippen molar-refractivity contribution in [2.45, 2.75) is 51.1 Å². The van der Waals surface area contributed by atoms with Crippen LogP contribution >= 0.6 is 0 Å². The van der Waals surface area contributed by atoms with E-state index in [9.17, 15) is 8.42 Å². The minimum Gasteiger partial charge on any atom is -0.315 e. The van der Waals surface area contributed by atoms with Gasteiger partial charge < -0.3 is 5.32 Å². The summed E-state index contributed by atoms with van der Waals surface area (Å²) in [6.45, 7) is 4.47. The van der Waals surface area contributed by atoms with Crippen LogP contribution in [-0.4, -0.2) is 55.8 Å². The number of likely N-dealkylation sites (N-methyl/N-ethyl adjacent to an activating group) is 1. The lowest BCUT2D eigenvalue weighted by Gasteiger charge is -2.38. The van der Waals surface area contributed by atoms with Crippen LogP contribution in [0, 0.1) is 0 Å². The first-order chi connectivity index (χ1) is 8.53. The zero-order chi connectivity index (χ0) is 13.2. The van der Waals surface area contributed by atoms with Gasteiger partial charge in [0.2, 0.25) is 0 Å². The summed E-state index contributed by atoms with van der Waals surface area (Å²) in [5.74, 6) is 0. The summed E-state index contributed by atoms with van der Waals surface area (Å²) < 4.78 is 28.5. The Bertz CT molecular complexity index is 366. The lowest BCUT2D eigenvalue weighted by atomic mass is 10.1. The maximum Gasteiger partial charge on any atom is 0.282 e. The van der Waals surface area contributed by atoms with E-state index in [0.717, 1.165) is 45.2 Å². The molecule has 6 heteroatoms. The molecule has 0 aliphatic carbocycles. The van der Waals surface area contributed by atoms with E-state index in [2.05, 4.69) is 5.32 Å². The summed E-state index contributed by atoms with van der Waals surface area (Å²) in [7, 11) is -1.55. The molecule has 0 aromatic rings. The van der Waals surface area contributed by atoms with Crippen LogP contribution in [-0.2, 0) is 10.2 Å². The van der Waals surface area contributed by atoms with Crippen LogP contribution in [0.5, 0.6) is 0 Å². The fourth-order valence-corrected chi connectivity index (χ4v) is 4.72. The first kappa shape index (κ1) is 14.2. The molecule has 2 aliphatic rings. The molecule has 2 rings (SSSR count). The van der Waals surface area contributed by atoms with Crippen LogP contribution in [0.2, 0.25) is 0 Å². The number of nitrogens with one attached hydrogen (secondary N) is 1. The number of piperidine rings is 2. The number of rotatable bonds is 3. The van der Waals surface area contributed by atoms with Crippen LogP contribution in [0.4, 0.5) is 0 Å². The third-order valence-electron chi connectivity index (χ3n) is 4.19. The molecule has 2 heterocycles. The molecule has 0 aromatic carbocycles. The normalized spacial score (nSPS) is 31.7. The second-order valence-corrected chi connectivity index (χ2v) is 7.42. The summed E-state index contributed by atoms with van der Waals surface area (Å²) >= 11 is 0. The highest BCUT2D eigenvalue weighted by atomic mass is 32.2. The predicted molar refractivity (Wildman–Crippen MR) is 72.6 cm³/mol. The van der Waals surface area contributed by atoms with Crippen LogP contribution in [0.3, 0.4) is 0 Å². The van der Waals surface area contributed by atoms with Crippen molar-refractivity contribution in [2.24, 2.45) is 0 Å². The monoisotopic (exact) mass is 275 g/mol. The van der Waals surface area contributed by atoms with Gasteiger partial charge in [0, 0.05) is 32.2 Å². The third kappa shape index (κ3) is 2.87. The molecular weight excluding hydrogens is 250 g/mol. The molecule has 0 spiro atoms. The van der Waals surface area contributed by atoms with Crippen molar-refractivity contribution in [1.82, 2.24) is 13.9 Å². The fourth-order valence-electron chi connectivity index (χ4n) is 2.91. The van der Waals surface area contributed by atoms with E-state index in [4.69, 9.17) is 0 Å². The first-order valence-corrected chi connectivity index (χ1v) is 8.38. The quantitative estimate of drug-likeness (QED) is 0.828. The van der Waals surface area contributed by atoms with Gasteiger partial charge in [0.1, 0.15) is 0 Å². The van der Waals surface area contributed by atoms with E-state index in [1.807, 2.05) is 6.92 Å². The van der Waals surface area contributed by atoms with E-state index >= 15 is 0 Å². The van der Waals surface area contributed by atoms with Gasteiger partial charge in [-0.3, -0.25) is 0 Å². The third-order valence-corrected chi connectivity index (χ3v) is 6.35. The van der Waals surface area contributed by atoms with Crippen molar-refractivity contribution in [2.75, 3.05) is 26.7 Å². The molecule has 2 fully saturated rings. The number of nitrogens with zero attached hydrogens (tertiary/aromatic N) is 2. The van der Waals surface area contributed by atoms with Crippen LogP contribution in [0.15, 0.2) is 0 Å². The number of hydrogen-bond acceptors (Lipinski definition) is 3. The molecule has 18 heavy (non-hydrogen) atoms. The van der Waals surface area contributed by atoms with Crippen molar-refractivity contribution < 1.29 is 8.42 Å². The van der Waals surface area contributed by atoms with Gasteiger partial charge in [0.05, 0.1) is 0 Å². The summed E-state index contributed by atoms with van der Waals surface area (Å²) in [5, 5.41) is 3.28. The highest BCUT2D eigenvalue weighted by molar-refractivity contribution is 7.86. The molecule has 0 saturated carbocycles. The van der Waals surface area contributed by atoms with E-state index < -0.39 is 10.2 Å². The van der Waals surface area contributed by atoms with Gasteiger partial charge >= 0.3 is 0 Å². The molecule has 2 aliphatic heterocycles. The van der Waals surface area contributed by atoms with Crippen molar-refractivity contribution in [3.63, 3.8) is 0 Å². The highest BCUT2D eigenvalue weighted by Gasteiger charge is 2.36. The van der Waals surface area contributed by atoms with Crippen molar-refractivity contribution in [3.05, 3.63) is 0 Å². The van der Waals surface area contributed by atoms with Crippen molar-refractivity contribution in [3.8, 4) is 0 Å². The predicted octanol–water partition coefficient (Wildman–Crippen LogP) is 0.789. The van der Waals surface area contributed by atoms with Gasteiger partial charge in [0.25, 0.3) is 10.2 Å². The zero-order valence-electron chi connectivity index (χ0n) is 11.4.